The molecular formula is C25H27F3N4O3S. The predicted octanol–water partition coefficient (Wildman–Crippen LogP) is 4.13. The van der Waals surface area contributed by atoms with Crippen molar-refractivity contribution in [1.82, 2.24) is 9.97 Å². The molecule has 2 N–H and O–H groups in total. The fourth-order valence-electron chi connectivity index (χ4n) is 5.28. The third kappa shape index (κ3) is 3.79. The van der Waals surface area contributed by atoms with Gasteiger partial charge in [-0.05, 0) is 62.3 Å². The Balaban J connectivity index is 1.43. The molecule has 0 spiro atoms. The maximum absolute atomic E-state index is 15.0. The van der Waals surface area contributed by atoms with Crippen LogP contribution < -0.4 is 10.5 Å². The van der Waals surface area contributed by atoms with Gasteiger partial charge in [0.05, 0.1) is 24.3 Å². The molecular weight excluding hydrogens is 493 g/mol. The third-order valence-corrected chi connectivity index (χ3v) is 10.8. The lowest BCUT2D eigenvalue weighted by Crippen LogP contribution is -2.58. The largest absolute Gasteiger partial charge is 0.476 e. The second-order valence-corrected chi connectivity index (χ2v) is 12.4. The first-order valence-corrected chi connectivity index (χ1v) is 13.4. The fourth-order valence-corrected chi connectivity index (χ4v) is 7.93. The number of fused-ring (bicyclic) bond motifs is 2. The molecule has 3 atom stereocenters. The summed E-state index contributed by atoms with van der Waals surface area (Å²) in [6.07, 6.45) is 7.28. The number of nitrogens with zero attached hydrogens (tertiary/aromatic N) is 3. The van der Waals surface area contributed by atoms with E-state index in [4.69, 9.17) is 10.5 Å². The normalized spacial score (nSPS) is 29.5. The number of halogens is 3. The molecule has 11 heteroatoms. The molecule has 7 nitrogen and oxygen atoms in total. The molecule has 2 fully saturated rings. The molecule has 3 aliphatic rings. The van der Waals surface area contributed by atoms with Gasteiger partial charge in [0.25, 0.3) is 0 Å². The summed E-state index contributed by atoms with van der Waals surface area (Å²) < 4.78 is 74.0. The van der Waals surface area contributed by atoms with Gasteiger partial charge < -0.3 is 10.5 Å². The Morgan fingerprint density at radius 2 is 2.03 bits per heavy atom. The van der Waals surface area contributed by atoms with Crippen LogP contribution in [-0.4, -0.2) is 47.5 Å². The number of sulfone groups is 1. The van der Waals surface area contributed by atoms with Crippen molar-refractivity contribution >= 4 is 27.6 Å². The van der Waals surface area contributed by atoms with Crippen LogP contribution in [0.5, 0.6) is 5.88 Å². The highest BCUT2D eigenvalue weighted by Crippen LogP contribution is 2.52. The van der Waals surface area contributed by atoms with Crippen molar-refractivity contribution < 1.29 is 26.3 Å². The summed E-state index contributed by atoms with van der Waals surface area (Å²) in [5, 5.41) is -1.15. The van der Waals surface area contributed by atoms with E-state index in [1.54, 1.807) is 0 Å². The van der Waals surface area contributed by atoms with Crippen LogP contribution in [0.25, 0.3) is 11.9 Å². The number of ether oxygens (including phenoxy) is 1. The van der Waals surface area contributed by atoms with Crippen LogP contribution in [0.15, 0.2) is 35.6 Å². The smallest absolute Gasteiger partial charge is 0.232 e. The number of alkyl halides is 1. The quantitative estimate of drug-likeness (QED) is 0.588. The first-order valence-electron chi connectivity index (χ1n) is 11.9. The Bertz CT molecular complexity index is 1340. The lowest BCUT2D eigenvalue weighted by molar-refractivity contribution is 0.175. The van der Waals surface area contributed by atoms with Crippen LogP contribution in [0.2, 0.25) is 0 Å². The lowest BCUT2D eigenvalue weighted by Gasteiger charge is -2.39. The van der Waals surface area contributed by atoms with E-state index in [0.29, 0.717) is 18.4 Å². The predicted molar refractivity (Wildman–Crippen MR) is 130 cm³/mol. The van der Waals surface area contributed by atoms with Crippen LogP contribution >= 0.6 is 0 Å². The molecule has 1 saturated heterocycles. The van der Waals surface area contributed by atoms with Gasteiger partial charge in [0.1, 0.15) is 29.6 Å². The number of amidine groups is 1. The van der Waals surface area contributed by atoms with E-state index in [1.165, 1.54) is 37.9 Å². The molecule has 5 rings (SSSR count). The van der Waals surface area contributed by atoms with E-state index in [1.807, 2.05) is 0 Å². The Labute approximate surface area is 207 Å². The lowest BCUT2D eigenvalue weighted by atomic mass is 9.86. The molecule has 3 heterocycles. The molecule has 0 radical (unpaired) electrons. The monoisotopic (exact) mass is 520 g/mol. The average Bonchev–Trinajstić information content (AvgIpc) is 3.03. The zero-order valence-corrected chi connectivity index (χ0v) is 20.6. The summed E-state index contributed by atoms with van der Waals surface area (Å²) in [7, 11) is -4.07. The van der Waals surface area contributed by atoms with E-state index in [2.05, 4.69) is 15.0 Å². The van der Waals surface area contributed by atoms with Crippen LogP contribution in [-0.2, 0) is 15.4 Å². The Hall–Kier alpha value is -2.95. The minimum absolute atomic E-state index is 0.0176. The second-order valence-electron chi connectivity index (χ2n) is 9.92. The van der Waals surface area contributed by atoms with E-state index in [0.717, 1.165) is 25.0 Å². The van der Waals surface area contributed by atoms with Crippen molar-refractivity contribution in [2.24, 2.45) is 16.6 Å². The topological polar surface area (TPSA) is 108 Å². The Kier molecular flexibility index (Phi) is 6.09. The zero-order valence-electron chi connectivity index (χ0n) is 19.8. The van der Waals surface area contributed by atoms with Gasteiger partial charge in [-0.1, -0.05) is 12.5 Å². The minimum atomic E-state index is -4.07. The molecule has 2 aromatic rings. The van der Waals surface area contributed by atoms with Gasteiger partial charge in [0.15, 0.2) is 20.4 Å². The van der Waals surface area contributed by atoms with Gasteiger partial charge in [0.2, 0.25) is 5.88 Å². The van der Waals surface area contributed by atoms with Gasteiger partial charge in [0, 0.05) is 5.56 Å². The van der Waals surface area contributed by atoms with Gasteiger partial charge in [-0.3, -0.25) is 4.99 Å². The van der Waals surface area contributed by atoms with Crippen molar-refractivity contribution in [3.8, 4) is 5.88 Å². The molecule has 36 heavy (non-hydrogen) atoms. The minimum Gasteiger partial charge on any atom is -0.476 e. The standard InChI is InChI=1S/C25H27F3N4O3S/c1-24(21-7-8-25(14-26,23(29)32-24)36(21,33)34)17-9-16(5-6-18(17)27)10-19(28)20-11-31-22(12-30-20)35-13-15-3-2-4-15/h5-6,9-12,15,21H,2-4,7-8,13-14H2,1H3,(H2,29,32)/b19-10-/t21-,24+,25-/m0/s1. The van der Waals surface area contributed by atoms with Crippen molar-refractivity contribution in [3.63, 3.8) is 0 Å². The molecule has 1 aromatic carbocycles. The molecule has 192 valence electrons. The summed E-state index contributed by atoms with van der Waals surface area (Å²) in [6, 6.07) is 3.81. The fraction of sp³-hybridized carbons (Fsp3) is 0.480. The second kappa shape index (κ2) is 8.86. The van der Waals surface area contributed by atoms with Gasteiger partial charge in [-0.2, -0.15) is 0 Å². The van der Waals surface area contributed by atoms with Crippen LogP contribution in [0.3, 0.4) is 0 Å². The Morgan fingerprint density at radius 3 is 2.67 bits per heavy atom. The highest BCUT2D eigenvalue weighted by molar-refractivity contribution is 7.94. The number of nitrogens with two attached hydrogens (primary N) is 1. The zero-order chi connectivity index (χ0) is 25.7. The van der Waals surface area contributed by atoms with Crippen molar-refractivity contribution in [3.05, 3.63) is 53.2 Å². The number of benzene rings is 1. The number of hydrogen-bond acceptors (Lipinski definition) is 7. The number of hydrogen-bond donors (Lipinski definition) is 1. The molecule has 0 amide bonds. The summed E-state index contributed by atoms with van der Waals surface area (Å²) in [5.41, 5.74) is 4.57. The summed E-state index contributed by atoms with van der Waals surface area (Å²) >= 11 is 0. The number of aromatic nitrogens is 2. The maximum Gasteiger partial charge on any atom is 0.232 e. The first kappa shape index (κ1) is 24.7. The summed E-state index contributed by atoms with van der Waals surface area (Å²) in [6.45, 7) is 0.838. The van der Waals surface area contributed by atoms with E-state index in [9.17, 15) is 17.2 Å². The SMILES string of the molecule is C[C@]1(c2cc(/C=C(\F)c3cnc(OCC4CCC4)cn3)ccc2F)N=C(N)[C@@]2(CF)CC[C@@H]1S2(=O)=O. The maximum atomic E-state index is 15.0. The Morgan fingerprint density at radius 1 is 1.25 bits per heavy atom. The van der Waals surface area contributed by atoms with Crippen molar-refractivity contribution in [2.75, 3.05) is 13.3 Å². The molecule has 2 bridgehead atoms. The highest BCUT2D eigenvalue weighted by atomic mass is 32.2. The van der Waals surface area contributed by atoms with Gasteiger partial charge in [-0.15, -0.1) is 0 Å². The van der Waals surface area contributed by atoms with Gasteiger partial charge in [-0.25, -0.2) is 31.6 Å². The van der Waals surface area contributed by atoms with E-state index >= 15 is 4.39 Å². The first-order chi connectivity index (χ1) is 17.1. The number of rotatable bonds is 7. The molecule has 1 saturated carbocycles. The summed E-state index contributed by atoms with van der Waals surface area (Å²) in [4.78, 5) is 12.5. The third-order valence-electron chi connectivity index (χ3n) is 7.79. The van der Waals surface area contributed by atoms with Gasteiger partial charge >= 0.3 is 0 Å². The molecule has 1 aliphatic carbocycles. The summed E-state index contributed by atoms with van der Waals surface area (Å²) in [5.74, 6) is -0.955. The van der Waals surface area contributed by atoms with Crippen LogP contribution in [0.4, 0.5) is 13.2 Å². The van der Waals surface area contributed by atoms with E-state index < -0.39 is 43.7 Å². The number of aliphatic imine (C=N–C) groups is 1. The van der Waals surface area contributed by atoms with Crippen molar-refractivity contribution in [1.29, 1.82) is 0 Å². The molecule has 2 aliphatic heterocycles. The average molecular weight is 521 g/mol. The molecule has 0 unspecified atom stereocenters. The van der Waals surface area contributed by atoms with Crippen molar-refractivity contribution in [2.45, 2.75) is 54.6 Å². The highest BCUT2D eigenvalue weighted by Gasteiger charge is 2.65. The van der Waals surface area contributed by atoms with Crippen LogP contribution in [0.1, 0.15) is 55.8 Å². The van der Waals surface area contributed by atoms with E-state index in [-0.39, 0.29) is 35.5 Å². The van der Waals surface area contributed by atoms with Crippen LogP contribution in [0, 0.1) is 11.7 Å². The molecule has 1 aromatic heterocycles.